The Kier molecular flexibility index (Phi) is 7.59. The number of hydrogen-bond acceptors (Lipinski definition) is 9. The Morgan fingerprint density at radius 2 is 1.97 bits per heavy atom. The number of thioether (sulfide) groups is 1. The summed E-state index contributed by atoms with van der Waals surface area (Å²) in [4.78, 5) is 12.2. The molecule has 2 N–H and O–H groups in total. The molecule has 32 heavy (non-hydrogen) atoms. The van der Waals surface area contributed by atoms with Gasteiger partial charge in [0.15, 0.2) is 5.82 Å². The number of ether oxygens (including phenoxy) is 1. The lowest BCUT2D eigenvalue weighted by atomic mass is 10.2. The van der Waals surface area contributed by atoms with Gasteiger partial charge in [-0.15, -0.1) is 10.2 Å². The van der Waals surface area contributed by atoms with Crippen LogP contribution in [0.1, 0.15) is 36.9 Å². The zero-order valence-corrected chi connectivity index (χ0v) is 19.6. The van der Waals surface area contributed by atoms with Crippen molar-refractivity contribution >= 4 is 27.8 Å². The average Bonchev–Trinajstić information content (AvgIpc) is 3.39. The van der Waals surface area contributed by atoms with E-state index in [0.29, 0.717) is 41.0 Å². The van der Waals surface area contributed by atoms with Crippen LogP contribution in [0.3, 0.4) is 0 Å². The van der Waals surface area contributed by atoms with Crippen molar-refractivity contribution in [1.82, 2.24) is 19.2 Å². The van der Waals surface area contributed by atoms with Gasteiger partial charge in [0.2, 0.25) is 15.2 Å². The number of furan rings is 1. The van der Waals surface area contributed by atoms with Crippen LogP contribution in [0.25, 0.3) is 11.4 Å². The predicted octanol–water partition coefficient (Wildman–Crippen LogP) is 2.75. The first-order valence-electron chi connectivity index (χ1n) is 10.0. The van der Waals surface area contributed by atoms with Crippen LogP contribution in [0.5, 0.6) is 0 Å². The topological polar surface area (TPSA) is 134 Å². The summed E-state index contributed by atoms with van der Waals surface area (Å²) in [6.45, 7) is 6.32. The molecule has 10 nitrogen and oxygen atoms in total. The molecule has 0 saturated heterocycles. The van der Waals surface area contributed by atoms with E-state index >= 15 is 0 Å². The highest BCUT2D eigenvalue weighted by molar-refractivity contribution is 7.98. The van der Waals surface area contributed by atoms with E-state index in [-0.39, 0.29) is 17.3 Å². The Morgan fingerprint density at radius 3 is 2.66 bits per heavy atom. The quantitative estimate of drug-likeness (QED) is 0.265. The van der Waals surface area contributed by atoms with Gasteiger partial charge in [-0.3, -0.25) is 0 Å². The van der Waals surface area contributed by atoms with Gasteiger partial charge < -0.3 is 15.0 Å². The number of hydrogen-bond donors (Lipinski definition) is 1. The molecule has 0 spiro atoms. The highest BCUT2D eigenvalue weighted by atomic mass is 32.2. The summed E-state index contributed by atoms with van der Waals surface area (Å²) in [6, 6.07) is 7.98. The van der Waals surface area contributed by atoms with Crippen LogP contribution in [-0.4, -0.2) is 53.3 Å². The minimum absolute atomic E-state index is 0.158. The van der Waals surface area contributed by atoms with Crippen molar-refractivity contribution in [2.75, 3.05) is 25.5 Å². The first kappa shape index (κ1) is 23.8. The lowest BCUT2D eigenvalue weighted by Gasteiger charge is -2.18. The van der Waals surface area contributed by atoms with Gasteiger partial charge in [-0.2, -0.15) is 4.31 Å². The summed E-state index contributed by atoms with van der Waals surface area (Å²) in [5.41, 5.74) is 0.863. The highest BCUT2D eigenvalue weighted by Crippen LogP contribution is 2.28. The molecule has 0 saturated carbocycles. The first-order valence-corrected chi connectivity index (χ1v) is 12.4. The summed E-state index contributed by atoms with van der Waals surface area (Å²) < 4.78 is 38.7. The van der Waals surface area contributed by atoms with Crippen LogP contribution in [0, 0.1) is 0 Å². The third-order valence-electron chi connectivity index (χ3n) is 4.67. The Labute approximate surface area is 190 Å². The van der Waals surface area contributed by atoms with Crippen molar-refractivity contribution < 1.29 is 22.4 Å². The fourth-order valence-corrected chi connectivity index (χ4v) is 5.37. The van der Waals surface area contributed by atoms with Gasteiger partial charge in [-0.1, -0.05) is 37.7 Å². The molecular formula is C20H25N5O5S2. The SMILES string of the molecule is CCOC(=O)c1ccoc1CSc1nnc(-c2cccc(S(=O)(=O)N(CC)CC)c2)n1N. The van der Waals surface area contributed by atoms with Crippen LogP contribution in [0.4, 0.5) is 0 Å². The zero-order chi connectivity index (χ0) is 23.3. The van der Waals surface area contributed by atoms with E-state index in [1.807, 2.05) is 0 Å². The lowest BCUT2D eigenvalue weighted by molar-refractivity contribution is 0.0524. The van der Waals surface area contributed by atoms with E-state index in [4.69, 9.17) is 15.0 Å². The van der Waals surface area contributed by atoms with Crippen molar-refractivity contribution in [2.24, 2.45) is 0 Å². The van der Waals surface area contributed by atoms with Crippen molar-refractivity contribution in [2.45, 2.75) is 36.6 Å². The average molecular weight is 480 g/mol. The molecule has 0 atom stereocenters. The van der Waals surface area contributed by atoms with Gasteiger partial charge in [-0.05, 0) is 25.1 Å². The molecule has 0 bridgehead atoms. The fourth-order valence-electron chi connectivity index (χ4n) is 3.05. The maximum atomic E-state index is 12.8. The highest BCUT2D eigenvalue weighted by Gasteiger charge is 2.23. The second-order valence-electron chi connectivity index (χ2n) is 6.56. The zero-order valence-electron chi connectivity index (χ0n) is 18.0. The normalized spacial score (nSPS) is 11.8. The molecule has 0 fully saturated rings. The third kappa shape index (κ3) is 4.81. The second-order valence-corrected chi connectivity index (χ2v) is 9.44. The number of nitrogens with two attached hydrogens (primary N) is 1. The minimum atomic E-state index is -3.62. The van der Waals surface area contributed by atoms with Gasteiger partial charge in [0.1, 0.15) is 11.3 Å². The molecule has 0 aliphatic rings. The molecule has 12 heteroatoms. The molecule has 2 aromatic heterocycles. The number of carbonyl (C=O) groups is 1. The summed E-state index contributed by atoms with van der Waals surface area (Å²) >= 11 is 1.23. The van der Waals surface area contributed by atoms with Crippen molar-refractivity contribution in [3.8, 4) is 11.4 Å². The Bertz CT molecular complexity index is 1180. The summed E-state index contributed by atoms with van der Waals surface area (Å²) in [6.07, 6.45) is 1.42. The summed E-state index contributed by atoms with van der Waals surface area (Å²) in [5.74, 6) is 6.75. The van der Waals surface area contributed by atoms with Crippen molar-refractivity contribution in [3.63, 3.8) is 0 Å². The number of rotatable bonds is 10. The largest absolute Gasteiger partial charge is 0.468 e. The number of benzene rings is 1. The molecule has 0 aliphatic carbocycles. The van der Waals surface area contributed by atoms with Crippen LogP contribution in [-0.2, 0) is 20.5 Å². The van der Waals surface area contributed by atoms with Gasteiger partial charge in [-0.25, -0.2) is 17.9 Å². The maximum absolute atomic E-state index is 12.8. The van der Waals surface area contributed by atoms with E-state index in [1.54, 1.807) is 39.0 Å². The number of nitrogens with zero attached hydrogens (tertiary/aromatic N) is 4. The molecule has 3 aromatic rings. The third-order valence-corrected chi connectivity index (χ3v) is 7.66. The van der Waals surface area contributed by atoms with Crippen molar-refractivity contribution in [1.29, 1.82) is 0 Å². The van der Waals surface area contributed by atoms with Crippen LogP contribution >= 0.6 is 11.8 Å². The van der Waals surface area contributed by atoms with Gasteiger partial charge >= 0.3 is 5.97 Å². The van der Waals surface area contributed by atoms with Crippen molar-refractivity contribution in [3.05, 3.63) is 47.9 Å². The molecule has 0 amide bonds. The van der Waals surface area contributed by atoms with E-state index < -0.39 is 16.0 Å². The Morgan fingerprint density at radius 1 is 1.22 bits per heavy atom. The molecule has 0 aliphatic heterocycles. The smallest absolute Gasteiger partial charge is 0.341 e. The molecule has 3 rings (SSSR count). The van der Waals surface area contributed by atoms with Gasteiger partial charge in [0.25, 0.3) is 0 Å². The Balaban J connectivity index is 1.82. The molecule has 2 heterocycles. The van der Waals surface area contributed by atoms with E-state index in [0.717, 1.165) is 0 Å². The Hall–Kier alpha value is -2.83. The molecule has 0 radical (unpaired) electrons. The monoisotopic (exact) mass is 479 g/mol. The number of esters is 1. The lowest BCUT2D eigenvalue weighted by Crippen LogP contribution is -2.30. The van der Waals surface area contributed by atoms with Crippen LogP contribution in [0.15, 0.2) is 51.1 Å². The van der Waals surface area contributed by atoms with Crippen LogP contribution in [0.2, 0.25) is 0 Å². The predicted molar refractivity (Wildman–Crippen MR) is 120 cm³/mol. The maximum Gasteiger partial charge on any atom is 0.341 e. The fraction of sp³-hybridized carbons (Fsp3) is 0.350. The number of aromatic nitrogens is 3. The molecular weight excluding hydrogens is 454 g/mol. The first-order chi connectivity index (χ1) is 15.3. The summed E-state index contributed by atoms with van der Waals surface area (Å²) in [7, 11) is -3.62. The standard InChI is InChI=1S/C20H25N5O5S2/c1-4-24(5-2)32(27,28)15-9-7-8-14(12-15)18-22-23-20(25(18)21)31-13-17-16(10-11-30-17)19(26)29-6-3/h7-12H,4-6,13,21H2,1-3H3. The van der Waals surface area contributed by atoms with Crippen LogP contribution < -0.4 is 5.84 Å². The van der Waals surface area contributed by atoms with E-state index in [1.165, 1.54) is 39.1 Å². The van der Waals surface area contributed by atoms with Gasteiger partial charge in [0.05, 0.1) is 23.5 Å². The van der Waals surface area contributed by atoms with E-state index in [9.17, 15) is 13.2 Å². The molecule has 0 unspecified atom stereocenters. The molecule has 172 valence electrons. The number of carbonyl (C=O) groups excluding carboxylic acids is 1. The number of sulfonamides is 1. The van der Waals surface area contributed by atoms with E-state index in [2.05, 4.69) is 10.2 Å². The minimum Gasteiger partial charge on any atom is -0.468 e. The summed E-state index contributed by atoms with van der Waals surface area (Å²) in [5, 5.41) is 8.59. The van der Waals surface area contributed by atoms with Gasteiger partial charge in [0, 0.05) is 18.7 Å². The molecule has 1 aromatic carbocycles. The second kappa shape index (κ2) is 10.2. The number of nitrogen functional groups attached to an aromatic ring is 1.